The lowest BCUT2D eigenvalue weighted by Crippen LogP contribution is -2.27. The molecular formula is C35H29F9O4. The van der Waals surface area contributed by atoms with Crippen molar-refractivity contribution in [2.45, 2.75) is 51.4 Å². The van der Waals surface area contributed by atoms with Crippen LogP contribution in [0.3, 0.4) is 0 Å². The highest BCUT2D eigenvalue weighted by Gasteiger charge is 2.41. The molecular weight excluding hydrogens is 655 g/mol. The molecule has 0 amide bonds. The van der Waals surface area contributed by atoms with E-state index in [0.717, 1.165) is 43.9 Å². The summed E-state index contributed by atoms with van der Waals surface area (Å²) in [4.78, 5) is 0. The van der Waals surface area contributed by atoms with E-state index in [1.54, 1.807) is 24.3 Å². The first-order valence-electron chi connectivity index (χ1n) is 15.0. The summed E-state index contributed by atoms with van der Waals surface area (Å²) in [5.41, 5.74) is -1.38. The molecule has 13 heteroatoms. The van der Waals surface area contributed by atoms with E-state index in [1.165, 1.54) is 0 Å². The average molecular weight is 685 g/mol. The number of hydrogen-bond acceptors (Lipinski definition) is 4. The van der Waals surface area contributed by atoms with Gasteiger partial charge in [-0.1, -0.05) is 56.5 Å². The molecule has 0 radical (unpaired) electrons. The summed E-state index contributed by atoms with van der Waals surface area (Å²) < 4.78 is 146. The standard InChI is InChI=1S/C35H29F9O4/c1-2-3-4-5-20-18-45-33(46-19-20)22-8-6-21(7-9-22)24-15-29(38)32(30(39)16-24)34(40,41)47-25-11-12-26(27(36)17-25)23-10-13-31(28(37)14-23)48-35(42,43)44/h6-17,20,33H,2-5,18-19H2,1H3. The minimum atomic E-state index is -5.17. The van der Waals surface area contributed by atoms with Crippen LogP contribution < -0.4 is 9.47 Å². The average Bonchev–Trinajstić information content (AvgIpc) is 3.01. The molecule has 0 unspecified atom stereocenters. The molecule has 0 spiro atoms. The maximum Gasteiger partial charge on any atom is 0.573 e. The first-order chi connectivity index (χ1) is 22.7. The molecule has 5 rings (SSSR count). The van der Waals surface area contributed by atoms with Crippen LogP contribution in [-0.4, -0.2) is 19.6 Å². The molecule has 0 aliphatic carbocycles. The zero-order valence-corrected chi connectivity index (χ0v) is 25.4. The van der Waals surface area contributed by atoms with E-state index in [-0.39, 0.29) is 16.7 Å². The fourth-order valence-corrected chi connectivity index (χ4v) is 5.30. The van der Waals surface area contributed by atoms with Gasteiger partial charge in [-0.25, -0.2) is 17.6 Å². The Kier molecular flexibility index (Phi) is 10.6. The highest BCUT2D eigenvalue weighted by molar-refractivity contribution is 5.66. The molecule has 4 nitrogen and oxygen atoms in total. The number of alkyl halides is 5. The lowest BCUT2D eigenvalue weighted by molar-refractivity contribution is -0.275. The SMILES string of the molecule is CCCCCC1COC(c2ccc(-c3cc(F)c(C(F)(F)Oc4ccc(-c5ccc(OC(F)(F)F)c(F)c5)c(F)c4)c(F)c3)cc2)OC1. The highest BCUT2D eigenvalue weighted by Crippen LogP contribution is 2.39. The van der Waals surface area contributed by atoms with Crippen molar-refractivity contribution in [2.75, 3.05) is 13.2 Å². The van der Waals surface area contributed by atoms with Gasteiger partial charge in [0.2, 0.25) is 0 Å². The van der Waals surface area contributed by atoms with Crippen molar-refractivity contribution in [3.63, 3.8) is 0 Å². The lowest BCUT2D eigenvalue weighted by Gasteiger charge is -2.29. The van der Waals surface area contributed by atoms with Crippen LogP contribution in [0.1, 0.15) is 50.0 Å². The number of rotatable bonds is 11. The Hall–Kier alpha value is -4.23. The molecule has 256 valence electrons. The molecule has 48 heavy (non-hydrogen) atoms. The first kappa shape index (κ1) is 35.1. The van der Waals surface area contributed by atoms with Crippen LogP contribution in [0, 0.1) is 29.2 Å². The largest absolute Gasteiger partial charge is 0.573 e. The van der Waals surface area contributed by atoms with Crippen LogP contribution in [0.15, 0.2) is 72.8 Å². The number of unbranched alkanes of at least 4 members (excludes halogenated alkanes) is 2. The Labute approximate surface area is 270 Å². The second kappa shape index (κ2) is 14.5. The van der Waals surface area contributed by atoms with Crippen molar-refractivity contribution in [1.29, 1.82) is 0 Å². The van der Waals surface area contributed by atoms with Crippen molar-refractivity contribution in [2.24, 2.45) is 5.92 Å². The maximum atomic E-state index is 15.1. The molecule has 1 fully saturated rings. The minimum absolute atomic E-state index is 0.0353. The summed E-state index contributed by atoms with van der Waals surface area (Å²) in [6, 6.07) is 12.1. The molecule has 0 N–H and O–H groups in total. The Balaban J connectivity index is 1.27. The fraction of sp³-hybridized carbons (Fsp3) is 0.314. The zero-order valence-electron chi connectivity index (χ0n) is 25.4. The van der Waals surface area contributed by atoms with Crippen LogP contribution in [0.2, 0.25) is 0 Å². The van der Waals surface area contributed by atoms with Crippen LogP contribution in [0.5, 0.6) is 11.5 Å². The van der Waals surface area contributed by atoms with Crippen LogP contribution in [-0.2, 0) is 15.6 Å². The van der Waals surface area contributed by atoms with Crippen LogP contribution in [0.25, 0.3) is 22.3 Å². The van der Waals surface area contributed by atoms with Gasteiger partial charge in [-0.2, -0.15) is 8.78 Å². The number of benzene rings is 4. The summed E-state index contributed by atoms with van der Waals surface area (Å²) in [7, 11) is 0. The predicted octanol–water partition coefficient (Wildman–Crippen LogP) is 10.8. The van der Waals surface area contributed by atoms with E-state index in [0.29, 0.717) is 60.6 Å². The van der Waals surface area contributed by atoms with Gasteiger partial charge in [-0.05, 0) is 59.5 Å². The van der Waals surface area contributed by atoms with Gasteiger partial charge in [-0.3, -0.25) is 0 Å². The molecule has 4 aromatic carbocycles. The maximum absolute atomic E-state index is 15.1. The lowest BCUT2D eigenvalue weighted by atomic mass is 10.00. The third-order valence-electron chi connectivity index (χ3n) is 7.69. The Morgan fingerprint density at radius 1 is 0.667 bits per heavy atom. The van der Waals surface area contributed by atoms with Gasteiger partial charge in [0.25, 0.3) is 0 Å². The van der Waals surface area contributed by atoms with Gasteiger partial charge in [0, 0.05) is 23.1 Å². The second-order valence-corrected chi connectivity index (χ2v) is 11.3. The third-order valence-corrected chi connectivity index (χ3v) is 7.69. The third kappa shape index (κ3) is 8.43. The molecule has 1 heterocycles. The van der Waals surface area contributed by atoms with Gasteiger partial charge in [0.05, 0.1) is 13.2 Å². The Morgan fingerprint density at radius 2 is 1.29 bits per heavy atom. The molecule has 4 aromatic rings. The van der Waals surface area contributed by atoms with E-state index in [1.807, 2.05) is 0 Å². The van der Waals surface area contributed by atoms with Crippen molar-refractivity contribution in [3.05, 3.63) is 107 Å². The smallest absolute Gasteiger partial charge is 0.429 e. The van der Waals surface area contributed by atoms with E-state index in [4.69, 9.17) is 9.47 Å². The highest BCUT2D eigenvalue weighted by atomic mass is 19.4. The van der Waals surface area contributed by atoms with E-state index in [2.05, 4.69) is 16.4 Å². The Morgan fingerprint density at radius 3 is 1.88 bits per heavy atom. The summed E-state index contributed by atoms with van der Waals surface area (Å²) in [5.74, 6) is -7.63. The topological polar surface area (TPSA) is 36.9 Å². The number of halogens is 9. The van der Waals surface area contributed by atoms with Crippen molar-refractivity contribution in [1.82, 2.24) is 0 Å². The first-order valence-corrected chi connectivity index (χ1v) is 15.0. The molecule has 0 atom stereocenters. The van der Waals surface area contributed by atoms with Gasteiger partial charge in [-0.15, -0.1) is 13.2 Å². The van der Waals surface area contributed by atoms with Crippen molar-refractivity contribution in [3.8, 4) is 33.8 Å². The van der Waals surface area contributed by atoms with Gasteiger partial charge >= 0.3 is 12.5 Å². The van der Waals surface area contributed by atoms with Crippen molar-refractivity contribution >= 4 is 0 Å². The Bertz CT molecular complexity index is 1690. The van der Waals surface area contributed by atoms with Gasteiger partial charge in [0.15, 0.2) is 17.9 Å². The predicted molar refractivity (Wildman–Crippen MR) is 157 cm³/mol. The summed E-state index contributed by atoms with van der Waals surface area (Å²) in [6.45, 7) is 3.21. The molecule has 1 aliphatic rings. The van der Waals surface area contributed by atoms with Crippen molar-refractivity contribution < 1.29 is 58.5 Å². The fourth-order valence-electron chi connectivity index (χ4n) is 5.30. The molecule has 0 saturated carbocycles. The molecule has 0 bridgehead atoms. The second-order valence-electron chi connectivity index (χ2n) is 11.3. The number of hydrogen-bond donors (Lipinski definition) is 0. The van der Waals surface area contributed by atoms with E-state index in [9.17, 15) is 22.0 Å². The van der Waals surface area contributed by atoms with E-state index >= 15 is 17.6 Å². The normalized spacial score (nSPS) is 17.0. The monoisotopic (exact) mass is 684 g/mol. The van der Waals surface area contributed by atoms with Crippen LogP contribution >= 0.6 is 0 Å². The van der Waals surface area contributed by atoms with E-state index < -0.39 is 59.1 Å². The number of ether oxygens (including phenoxy) is 4. The summed E-state index contributed by atoms with van der Waals surface area (Å²) >= 11 is 0. The van der Waals surface area contributed by atoms with Gasteiger partial charge < -0.3 is 18.9 Å². The molecule has 1 aliphatic heterocycles. The summed E-state index contributed by atoms with van der Waals surface area (Å²) in [5, 5.41) is 0. The molecule has 0 aromatic heterocycles. The van der Waals surface area contributed by atoms with Crippen LogP contribution in [0.4, 0.5) is 39.5 Å². The minimum Gasteiger partial charge on any atom is -0.429 e. The van der Waals surface area contributed by atoms with Gasteiger partial charge in [0.1, 0.15) is 28.8 Å². The quantitative estimate of drug-likeness (QED) is 0.116. The molecule has 1 saturated heterocycles. The zero-order chi connectivity index (χ0) is 34.6. The summed E-state index contributed by atoms with van der Waals surface area (Å²) in [6.07, 6.45) is -6.01.